The fourth-order valence-electron chi connectivity index (χ4n) is 2.52. The number of rotatable bonds is 2. The van der Waals surface area contributed by atoms with E-state index in [-0.39, 0.29) is 6.61 Å². The summed E-state index contributed by atoms with van der Waals surface area (Å²) in [5, 5.41) is 10.0. The zero-order valence-corrected chi connectivity index (χ0v) is 11.0. The van der Waals surface area contributed by atoms with E-state index in [1.807, 2.05) is 30.3 Å². The van der Waals surface area contributed by atoms with Gasteiger partial charge in [0.05, 0.1) is 6.61 Å². The van der Waals surface area contributed by atoms with Crippen LogP contribution in [0.25, 0.3) is 0 Å². The van der Waals surface area contributed by atoms with Gasteiger partial charge in [-0.05, 0) is 0 Å². The van der Waals surface area contributed by atoms with E-state index in [1.165, 1.54) is 7.11 Å². The zero-order chi connectivity index (χ0) is 14.1. The molecule has 0 aliphatic carbocycles. The summed E-state index contributed by atoms with van der Waals surface area (Å²) in [6, 6.07) is 9.31. The molecule has 1 aromatic carbocycles. The van der Waals surface area contributed by atoms with E-state index in [2.05, 4.69) is 0 Å². The van der Waals surface area contributed by atoms with Crippen LogP contribution in [-0.2, 0) is 18.9 Å². The van der Waals surface area contributed by atoms with Gasteiger partial charge in [-0.3, -0.25) is 0 Å². The first kappa shape index (κ1) is 13.9. The van der Waals surface area contributed by atoms with E-state index in [1.54, 1.807) is 0 Å². The highest BCUT2D eigenvalue weighted by molar-refractivity contribution is 5.16. The summed E-state index contributed by atoms with van der Waals surface area (Å²) in [6.07, 6.45) is -5.96. The smallest absolute Gasteiger partial charge is 0.191 e. The molecule has 2 unspecified atom stereocenters. The van der Waals surface area contributed by atoms with Gasteiger partial charge in [-0.25, -0.2) is 4.39 Å². The molecule has 3 rings (SSSR count). The lowest BCUT2D eigenvalue weighted by molar-refractivity contribution is -0.350. The molecule has 2 fully saturated rings. The minimum absolute atomic E-state index is 0.216. The number of halogens is 1. The van der Waals surface area contributed by atoms with E-state index >= 15 is 0 Å². The molecule has 2 heterocycles. The topological polar surface area (TPSA) is 57.2 Å². The van der Waals surface area contributed by atoms with Crippen LogP contribution in [0.3, 0.4) is 0 Å². The number of hydrogen-bond donors (Lipinski definition) is 1. The fourth-order valence-corrected chi connectivity index (χ4v) is 2.52. The molecule has 0 spiro atoms. The highest BCUT2D eigenvalue weighted by Crippen LogP contribution is 2.34. The molecule has 2 aliphatic heterocycles. The minimum atomic E-state index is -1.64. The monoisotopic (exact) mass is 284 g/mol. The maximum Gasteiger partial charge on any atom is 0.191 e. The lowest BCUT2D eigenvalue weighted by Crippen LogP contribution is -2.60. The second-order valence-electron chi connectivity index (χ2n) is 4.89. The average molecular weight is 284 g/mol. The van der Waals surface area contributed by atoms with Crippen LogP contribution >= 0.6 is 0 Å². The van der Waals surface area contributed by atoms with Gasteiger partial charge in [0.15, 0.2) is 18.8 Å². The number of ether oxygens (including phenoxy) is 4. The Hall–Kier alpha value is -1.05. The second-order valence-corrected chi connectivity index (χ2v) is 4.89. The van der Waals surface area contributed by atoms with Crippen molar-refractivity contribution in [2.45, 2.75) is 37.1 Å². The van der Waals surface area contributed by atoms with Crippen LogP contribution in [0.5, 0.6) is 0 Å². The van der Waals surface area contributed by atoms with Crippen LogP contribution in [0, 0.1) is 0 Å². The van der Waals surface area contributed by atoms with Crippen LogP contribution in [-0.4, -0.2) is 49.6 Å². The molecule has 5 nitrogen and oxygen atoms in total. The summed E-state index contributed by atoms with van der Waals surface area (Å²) in [4.78, 5) is 0. The van der Waals surface area contributed by atoms with Crippen LogP contribution < -0.4 is 0 Å². The SMILES string of the molecule is COC1O[C@@H]2COC(c3ccccc3)O[C@H]2[C@H](O)[C@H]1F. The van der Waals surface area contributed by atoms with E-state index in [0.29, 0.717) is 0 Å². The number of benzene rings is 1. The third-order valence-electron chi connectivity index (χ3n) is 3.59. The zero-order valence-electron chi connectivity index (χ0n) is 11.0. The molecule has 6 heteroatoms. The van der Waals surface area contributed by atoms with Crippen LogP contribution in [0.1, 0.15) is 11.9 Å². The van der Waals surface area contributed by atoms with Crippen molar-refractivity contribution in [3.63, 3.8) is 0 Å². The quantitative estimate of drug-likeness (QED) is 0.883. The Morgan fingerprint density at radius 2 is 2.00 bits per heavy atom. The number of fused-ring (bicyclic) bond motifs is 1. The molecule has 0 aromatic heterocycles. The van der Waals surface area contributed by atoms with Crippen LogP contribution in [0.15, 0.2) is 30.3 Å². The van der Waals surface area contributed by atoms with Crippen molar-refractivity contribution >= 4 is 0 Å². The number of aliphatic hydroxyl groups excluding tert-OH is 1. The molecule has 2 aliphatic rings. The van der Waals surface area contributed by atoms with E-state index in [9.17, 15) is 9.50 Å². The average Bonchev–Trinajstić information content (AvgIpc) is 2.51. The Kier molecular flexibility index (Phi) is 4.00. The standard InChI is InChI=1S/C14H17FO5/c1-17-14-10(15)11(16)12-9(19-14)7-18-13(20-12)8-5-3-2-4-6-8/h2-6,9-14,16H,7H2,1H3/t9-,10-,11-,12-,13?,14?/m1/s1. The van der Waals surface area contributed by atoms with Gasteiger partial charge in [0, 0.05) is 12.7 Å². The van der Waals surface area contributed by atoms with Gasteiger partial charge in [-0.15, -0.1) is 0 Å². The molecule has 2 saturated heterocycles. The van der Waals surface area contributed by atoms with Gasteiger partial charge < -0.3 is 24.1 Å². The molecule has 6 atom stereocenters. The first-order chi connectivity index (χ1) is 9.70. The largest absolute Gasteiger partial charge is 0.387 e. The van der Waals surface area contributed by atoms with Crippen molar-refractivity contribution in [3.8, 4) is 0 Å². The Morgan fingerprint density at radius 3 is 2.70 bits per heavy atom. The summed E-state index contributed by atoms with van der Waals surface area (Å²) in [6.45, 7) is 0.216. The first-order valence-electron chi connectivity index (χ1n) is 6.53. The Bertz CT molecular complexity index is 440. The van der Waals surface area contributed by atoms with Crippen molar-refractivity contribution in [1.29, 1.82) is 0 Å². The summed E-state index contributed by atoms with van der Waals surface area (Å²) < 4.78 is 35.4. The maximum absolute atomic E-state index is 13.9. The first-order valence-corrected chi connectivity index (χ1v) is 6.53. The maximum atomic E-state index is 13.9. The van der Waals surface area contributed by atoms with Crippen LogP contribution in [0.4, 0.5) is 4.39 Å². The lowest BCUT2D eigenvalue weighted by atomic mass is 9.99. The van der Waals surface area contributed by atoms with Crippen LogP contribution in [0.2, 0.25) is 0 Å². The van der Waals surface area contributed by atoms with Crippen molar-refractivity contribution in [3.05, 3.63) is 35.9 Å². The molecular formula is C14H17FO5. The normalized spacial score (nSPS) is 41.1. The highest BCUT2D eigenvalue weighted by atomic mass is 19.1. The summed E-state index contributed by atoms with van der Waals surface area (Å²) >= 11 is 0. The van der Waals surface area contributed by atoms with Crippen molar-refractivity contribution in [2.24, 2.45) is 0 Å². The number of aliphatic hydroxyl groups is 1. The Balaban J connectivity index is 1.74. The Morgan fingerprint density at radius 1 is 1.25 bits per heavy atom. The summed E-state index contributed by atoms with van der Waals surface area (Å²) in [5.74, 6) is 0. The lowest BCUT2D eigenvalue weighted by Gasteiger charge is -2.45. The number of alkyl halides is 1. The van der Waals surface area contributed by atoms with Gasteiger partial charge in [0.25, 0.3) is 0 Å². The van der Waals surface area contributed by atoms with Gasteiger partial charge >= 0.3 is 0 Å². The molecule has 1 N–H and O–H groups in total. The molecule has 1 aromatic rings. The third kappa shape index (κ3) is 2.45. The molecular weight excluding hydrogens is 267 g/mol. The molecule has 0 radical (unpaired) electrons. The molecule has 0 saturated carbocycles. The molecule has 110 valence electrons. The minimum Gasteiger partial charge on any atom is -0.387 e. The predicted molar refractivity (Wildman–Crippen MR) is 66.6 cm³/mol. The molecule has 0 amide bonds. The molecule has 20 heavy (non-hydrogen) atoms. The van der Waals surface area contributed by atoms with E-state index in [4.69, 9.17) is 18.9 Å². The second kappa shape index (κ2) is 5.75. The van der Waals surface area contributed by atoms with Crippen molar-refractivity contribution in [2.75, 3.05) is 13.7 Å². The summed E-state index contributed by atoms with van der Waals surface area (Å²) in [7, 11) is 1.33. The molecule has 0 bridgehead atoms. The predicted octanol–water partition coefficient (Wildman–Crippen LogP) is 1.17. The van der Waals surface area contributed by atoms with Gasteiger partial charge in [0.1, 0.15) is 18.3 Å². The van der Waals surface area contributed by atoms with Crippen molar-refractivity contribution < 1.29 is 28.4 Å². The Labute approximate surface area is 116 Å². The van der Waals surface area contributed by atoms with E-state index in [0.717, 1.165) is 5.56 Å². The van der Waals surface area contributed by atoms with Gasteiger partial charge in [0.2, 0.25) is 0 Å². The number of hydrogen-bond acceptors (Lipinski definition) is 5. The number of methoxy groups -OCH3 is 1. The third-order valence-corrected chi connectivity index (χ3v) is 3.59. The van der Waals surface area contributed by atoms with Crippen molar-refractivity contribution in [1.82, 2.24) is 0 Å². The summed E-state index contributed by atoms with van der Waals surface area (Å²) in [5.41, 5.74) is 0.822. The fraction of sp³-hybridized carbons (Fsp3) is 0.571. The van der Waals surface area contributed by atoms with E-state index < -0.39 is 37.1 Å². The highest BCUT2D eigenvalue weighted by Gasteiger charge is 2.49. The van der Waals surface area contributed by atoms with Gasteiger partial charge in [-0.1, -0.05) is 30.3 Å². The van der Waals surface area contributed by atoms with Gasteiger partial charge in [-0.2, -0.15) is 0 Å².